The average molecular weight is 226 g/mol. The molecule has 2 heterocycles. The van der Waals surface area contributed by atoms with Crippen LogP contribution < -0.4 is 10.2 Å². The SMILES string of the molecule is CC1CN(c2cccc(Cl)n2)C(C)CN1. The highest BCUT2D eigenvalue weighted by atomic mass is 35.5. The van der Waals surface area contributed by atoms with Gasteiger partial charge in [0.05, 0.1) is 0 Å². The van der Waals surface area contributed by atoms with Crippen molar-refractivity contribution in [3.05, 3.63) is 23.4 Å². The third kappa shape index (κ3) is 2.41. The highest BCUT2D eigenvalue weighted by Gasteiger charge is 2.23. The first-order chi connectivity index (χ1) is 7.16. The van der Waals surface area contributed by atoms with Crippen molar-refractivity contribution in [1.82, 2.24) is 10.3 Å². The first-order valence-corrected chi connectivity index (χ1v) is 5.67. The molecule has 15 heavy (non-hydrogen) atoms. The van der Waals surface area contributed by atoms with Gasteiger partial charge in [0.15, 0.2) is 0 Å². The fourth-order valence-electron chi connectivity index (χ4n) is 1.90. The maximum absolute atomic E-state index is 5.89. The molecule has 1 aliphatic rings. The predicted molar refractivity (Wildman–Crippen MR) is 63.5 cm³/mol. The molecule has 2 unspecified atom stereocenters. The van der Waals surface area contributed by atoms with E-state index >= 15 is 0 Å². The fourth-order valence-corrected chi connectivity index (χ4v) is 2.06. The molecule has 4 heteroatoms. The van der Waals surface area contributed by atoms with Crippen molar-refractivity contribution in [2.75, 3.05) is 18.0 Å². The van der Waals surface area contributed by atoms with Crippen molar-refractivity contribution in [1.29, 1.82) is 0 Å². The Morgan fingerprint density at radius 1 is 1.47 bits per heavy atom. The Hall–Kier alpha value is -0.800. The van der Waals surface area contributed by atoms with Crippen LogP contribution >= 0.6 is 11.6 Å². The van der Waals surface area contributed by atoms with Crippen molar-refractivity contribution in [3.63, 3.8) is 0 Å². The lowest BCUT2D eigenvalue weighted by Gasteiger charge is -2.38. The zero-order chi connectivity index (χ0) is 10.8. The standard InChI is InChI=1S/C11H16ClN3/c1-8-7-15(9(2)6-13-8)11-5-3-4-10(12)14-11/h3-5,8-9,13H,6-7H2,1-2H3. The van der Waals surface area contributed by atoms with Crippen LogP contribution in [0.2, 0.25) is 5.15 Å². The van der Waals surface area contributed by atoms with Crippen LogP contribution in [0, 0.1) is 0 Å². The summed E-state index contributed by atoms with van der Waals surface area (Å²) in [6.07, 6.45) is 0. The largest absolute Gasteiger partial charge is 0.351 e. The fraction of sp³-hybridized carbons (Fsp3) is 0.545. The van der Waals surface area contributed by atoms with Gasteiger partial charge in [0.2, 0.25) is 0 Å². The number of anilines is 1. The lowest BCUT2D eigenvalue weighted by Crippen LogP contribution is -2.54. The number of rotatable bonds is 1. The van der Waals surface area contributed by atoms with E-state index in [9.17, 15) is 0 Å². The molecule has 2 rings (SSSR count). The van der Waals surface area contributed by atoms with Crippen LogP contribution in [0.4, 0.5) is 5.82 Å². The molecule has 0 spiro atoms. The minimum Gasteiger partial charge on any atom is -0.351 e. The molecule has 0 radical (unpaired) electrons. The molecule has 1 aliphatic heterocycles. The molecule has 82 valence electrons. The summed E-state index contributed by atoms with van der Waals surface area (Å²) >= 11 is 5.89. The molecular weight excluding hydrogens is 210 g/mol. The molecule has 0 aromatic carbocycles. The monoisotopic (exact) mass is 225 g/mol. The summed E-state index contributed by atoms with van der Waals surface area (Å²) < 4.78 is 0. The van der Waals surface area contributed by atoms with Gasteiger partial charge in [-0.2, -0.15) is 0 Å². The van der Waals surface area contributed by atoms with Crippen LogP contribution in [0.1, 0.15) is 13.8 Å². The Balaban J connectivity index is 2.21. The summed E-state index contributed by atoms with van der Waals surface area (Å²) in [6.45, 7) is 6.36. The normalized spacial score (nSPS) is 26.7. The third-order valence-corrected chi connectivity index (χ3v) is 2.97. The maximum atomic E-state index is 5.89. The smallest absolute Gasteiger partial charge is 0.131 e. The number of pyridine rings is 1. The Bertz CT molecular complexity index is 342. The van der Waals surface area contributed by atoms with E-state index in [2.05, 4.69) is 29.0 Å². The zero-order valence-electron chi connectivity index (χ0n) is 9.07. The molecule has 0 bridgehead atoms. The van der Waals surface area contributed by atoms with Crippen LogP contribution in [0.15, 0.2) is 18.2 Å². The lowest BCUT2D eigenvalue weighted by atomic mass is 10.1. The minimum atomic E-state index is 0.465. The van der Waals surface area contributed by atoms with Crippen LogP contribution in [-0.4, -0.2) is 30.2 Å². The summed E-state index contributed by atoms with van der Waals surface area (Å²) in [5.74, 6) is 0.975. The third-order valence-electron chi connectivity index (χ3n) is 2.76. The van der Waals surface area contributed by atoms with Crippen molar-refractivity contribution in [3.8, 4) is 0 Å². The van der Waals surface area contributed by atoms with E-state index in [1.807, 2.05) is 12.1 Å². The van der Waals surface area contributed by atoms with Crippen molar-refractivity contribution in [2.45, 2.75) is 25.9 Å². The van der Waals surface area contributed by atoms with E-state index < -0.39 is 0 Å². The molecule has 0 aliphatic carbocycles. The van der Waals surface area contributed by atoms with E-state index in [0.717, 1.165) is 18.9 Å². The summed E-state index contributed by atoms with van der Waals surface area (Å²) in [6, 6.07) is 6.74. The van der Waals surface area contributed by atoms with Gasteiger partial charge in [-0.3, -0.25) is 0 Å². The minimum absolute atomic E-state index is 0.465. The summed E-state index contributed by atoms with van der Waals surface area (Å²) in [5.41, 5.74) is 0. The maximum Gasteiger partial charge on any atom is 0.131 e. The van der Waals surface area contributed by atoms with Crippen LogP contribution in [0.5, 0.6) is 0 Å². The number of halogens is 1. The van der Waals surface area contributed by atoms with E-state index in [1.165, 1.54) is 0 Å². The predicted octanol–water partition coefficient (Wildman–Crippen LogP) is 1.92. The number of piperazine rings is 1. The van der Waals surface area contributed by atoms with Crippen molar-refractivity contribution < 1.29 is 0 Å². The van der Waals surface area contributed by atoms with E-state index in [-0.39, 0.29) is 0 Å². The molecule has 0 saturated carbocycles. The van der Waals surface area contributed by atoms with Crippen molar-refractivity contribution in [2.24, 2.45) is 0 Å². The molecule has 1 fully saturated rings. The number of nitrogens with one attached hydrogen (secondary N) is 1. The molecule has 1 aromatic heterocycles. The quantitative estimate of drug-likeness (QED) is 0.741. The molecule has 1 aromatic rings. The molecular formula is C11H16ClN3. The van der Waals surface area contributed by atoms with Gasteiger partial charge in [0.25, 0.3) is 0 Å². The highest BCUT2D eigenvalue weighted by molar-refractivity contribution is 6.29. The summed E-state index contributed by atoms with van der Waals surface area (Å²) in [5, 5.41) is 4.00. The molecule has 1 saturated heterocycles. The number of aromatic nitrogens is 1. The van der Waals surface area contributed by atoms with Crippen LogP contribution in [0.25, 0.3) is 0 Å². The lowest BCUT2D eigenvalue weighted by molar-refractivity contribution is 0.422. The first-order valence-electron chi connectivity index (χ1n) is 5.29. The summed E-state index contributed by atoms with van der Waals surface area (Å²) in [4.78, 5) is 6.64. The number of hydrogen-bond donors (Lipinski definition) is 1. The van der Waals surface area contributed by atoms with Gasteiger partial charge in [-0.15, -0.1) is 0 Å². The van der Waals surface area contributed by atoms with E-state index in [0.29, 0.717) is 17.2 Å². The molecule has 1 N–H and O–H groups in total. The second kappa shape index (κ2) is 4.37. The molecule has 2 atom stereocenters. The van der Waals surface area contributed by atoms with Gasteiger partial charge < -0.3 is 10.2 Å². The summed E-state index contributed by atoms with van der Waals surface area (Å²) in [7, 11) is 0. The van der Waals surface area contributed by atoms with Gasteiger partial charge in [-0.1, -0.05) is 17.7 Å². The Kier molecular flexibility index (Phi) is 3.12. The van der Waals surface area contributed by atoms with Gasteiger partial charge >= 0.3 is 0 Å². The first kappa shape index (κ1) is 10.7. The average Bonchev–Trinajstić information content (AvgIpc) is 2.22. The van der Waals surface area contributed by atoms with Gasteiger partial charge in [-0.05, 0) is 26.0 Å². The van der Waals surface area contributed by atoms with E-state index in [4.69, 9.17) is 11.6 Å². The van der Waals surface area contributed by atoms with Gasteiger partial charge in [0, 0.05) is 25.2 Å². The van der Waals surface area contributed by atoms with E-state index in [1.54, 1.807) is 6.07 Å². The molecule has 0 amide bonds. The number of nitrogens with zero attached hydrogens (tertiary/aromatic N) is 2. The Morgan fingerprint density at radius 2 is 2.27 bits per heavy atom. The molecule has 3 nitrogen and oxygen atoms in total. The topological polar surface area (TPSA) is 28.2 Å². The second-order valence-electron chi connectivity index (χ2n) is 4.13. The Morgan fingerprint density at radius 3 is 3.00 bits per heavy atom. The second-order valence-corrected chi connectivity index (χ2v) is 4.52. The highest BCUT2D eigenvalue weighted by Crippen LogP contribution is 2.19. The van der Waals surface area contributed by atoms with Crippen LogP contribution in [0.3, 0.4) is 0 Å². The van der Waals surface area contributed by atoms with Crippen LogP contribution in [-0.2, 0) is 0 Å². The Labute approximate surface area is 95.4 Å². The van der Waals surface area contributed by atoms with Crippen molar-refractivity contribution >= 4 is 17.4 Å². The van der Waals surface area contributed by atoms with Gasteiger partial charge in [-0.25, -0.2) is 4.98 Å². The zero-order valence-corrected chi connectivity index (χ0v) is 9.83. The number of hydrogen-bond acceptors (Lipinski definition) is 3. The van der Waals surface area contributed by atoms with Gasteiger partial charge in [0.1, 0.15) is 11.0 Å².